The average molecular weight is 361 g/mol. The first kappa shape index (κ1) is 12.6. The molecule has 0 amide bonds. The van der Waals surface area contributed by atoms with E-state index in [0.717, 1.165) is 5.56 Å². The highest BCUT2D eigenvalue weighted by atomic mass is 127. The monoisotopic (exact) mass is 360 g/mol. The van der Waals surface area contributed by atoms with Crippen LogP contribution in [0.2, 0.25) is 0 Å². The van der Waals surface area contributed by atoms with Gasteiger partial charge in [0.05, 0.1) is 11.1 Å². The summed E-state index contributed by atoms with van der Waals surface area (Å²) in [6, 6.07) is 9.60. The first-order chi connectivity index (χ1) is 8.09. The summed E-state index contributed by atoms with van der Waals surface area (Å²) in [5.74, 6) is 0.496. The Balaban J connectivity index is 2.65. The van der Waals surface area contributed by atoms with Crippen molar-refractivity contribution in [2.45, 2.75) is 12.3 Å². The van der Waals surface area contributed by atoms with Gasteiger partial charge in [0.15, 0.2) is 0 Å². The summed E-state index contributed by atoms with van der Waals surface area (Å²) in [6.07, 6.45) is 0. The molecule has 1 aromatic heterocycles. The molecule has 0 radical (unpaired) electrons. The first-order valence-electron chi connectivity index (χ1n) is 5.09. The fourth-order valence-electron chi connectivity index (χ4n) is 1.45. The van der Waals surface area contributed by atoms with Crippen molar-refractivity contribution >= 4 is 34.2 Å². The second-order valence-corrected chi connectivity index (χ2v) is 5.33. The summed E-state index contributed by atoms with van der Waals surface area (Å²) in [7, 11) is 0. The van der Waals surface area contributed by atoms with Gasteiger partial charge in [-0.3, -0.25) is 4.79 Å². The molecule has 1 unspecified atom stereocenters. The Kier molecular flexibility index (Phi) is 3.83. The van der Waals surface area contributed by atoms with Crippen LogP contribution in [0.25, 0.3) is 11.3 Å². The van der Waals surface area contributed by atoms with Crippen LogP contribution in [-0.4, -0.2) is 9.97 Å². The smallest absolute Gasteiger partial charge is 0.265 e. The Hall–Kier alpha value is -0.880. The molecule has 2 rings (SSSR count). The third-order valence-corrected chi connectivity index (χ3v) is 3.51. The molecule has 1 N–H and O–H groups in total. The van der Waals surface area contributed by atoms with Crippen LogP contribution in [0, 0.1) is 3.57 Å². The number of hydrogen-bond acceptors (Lipinski definition) is 2. The van der Waals surface area contributed by atoms with Crippen LogP contribution in [-0.2, 0) is 0 Å². The van der Waals surface area contributed by atoms with Crippen molar-refractivity contribution in [1.29, 1.82) is 0 Å². The number of H-pyrrole nitrogens is 1. The second-order valence-electron chi connectivity index (χ2n) is 3.60. The normalized spacial score (nSPS) is 12.4. The number of aromatic amines is 1. The van der Waals surface area contributed by atoms with E-state index in [2.05, 4.69) is 9.97 Å². The van der Waals surface area contributed by atoms with E-state index >= 15 is 0 Å². The Morgan fingerprint density at radius 1 is 1.35 bits per heavy atom. The van der Waals surface area contributed by atoms with Gasteiger partial charge in [0, 0.05) is 5.56 Å². The summed E-state index contributed by atoms with van der Waals surface area (Å²) in [5, 5.41) is -0.317. The highest BCUT2D eigenvalue weighted by Gasteiger charge is 2.13. The molecule has 0 saturated carbocycles. The van der Waals surface area contributed by atoms with Crippen LogP contribution in [0.3, 0.4) is 0 Å². The predicted molar refractivity (Wildman–Crippen MR) is 77.3 cm³/mol. The van der Waals surface area contributed by atoms with Gasteiger partial charge >= 0.3 is 0 Å². The van der Waals surface area contributed by atoms with E-state index in [9.17, 15) is 4.79 Å². The van der Waals surface area contributed by atoms with Crippen molar-refractivity contribution in [3.05, 3.63) is 50.1 Å². The Bertz CT molecular complexity index is 581. The SMILES string of the molecule is CC(Cl)c1nc(-c2ccccc2)c(I)c(=O)[nH]1. The van der Waals surface area contributed by atoms with Gasteiger partial charge in [0.25, 0.3) is 5.56 Å². The molecule has 0 aliphatic rings. The molecule has 17 heavy (non-hydrogen) atoms. The lowest BCUT2D eigenvalue weighted by Crippen LogP contribution is -2.16. The number of nitrogens with zero attached hydrogens (tertiary/aromatic N) is 1. The summed E-state index contributed by atoms with van der Waals surface area (Å²) in [6.45, 7) is 1.78. The Labute approximate surface area is 117 Å². The van der Waals surface area contributed by atoms with Crippen LogP contribution < -0.4 is 5.56 Å². The summed E-state index contributed by atoms with van der Waals surface area (Å²) >= 11 is 7.95. The molecule has 1 aromatic carbocycles. The lowest BCUT2D eigenvalue weighted by molar-refractivity contribution is 0.891. The molecule has 0 aliphatic heterocycles. The third-order valence-electron chi connectivity index (χ3n) is 2.31. The average Bonchev–Trinajstić information content (AvgIpc) is 2.33. The topological polar surface area (TPSA) is 45.8 Å². The lowest BCUT2D eigenvalue weighted by Gasteiger charge is -2.07. The van der Waals surface area contributed by atoms with Gasteiger partial charge in [-0.05, 0) is 29.5 Å². The minimum absolute atomic E-state index is 0.151. The number of rotatable bonds is 2. The van der Waals surface area contributed by atoms with Crippen molar-refractivity contribution in [2.75, 3.05) is 0 Å². The molecule has 88 valence electrons. The van der Waals surface area contributed by atoms with Gasteiger partial charge in [-0.2, -0.15) is 0 Å². The molecule has 0 aliphatic carbocycles. The van der Waals surface area contributed by atoms with Gasteiger partial charge < -0.3 is 4.98 Å². The molecule has 0 spiro atoms. The van der Waals surface area contributed by atoms with Crippen LogP contribution >= 0.6 is 34.2 Å². The maximum atomic E-state index is 11.8. The van der Waals surface area contributed by atoms with Crippen LogP contribution in [0.15, 0.2) is 35.1 Å². The summed E-state index contributed by atoms with van der Waals surface area (Å²) < 4.78 is 0.579. The lowest BCUT2D eigenvalue weighted by atomic mass is 10.1. The molecular formula is C12H10ClIN2O. The minimum atomic E-state index is -0.317. The van der Waals surface area contributed by atoms with Crippen LogP contribution in [0.5, 0.6) is 0 Å². The van der Waals surface area contributed by atoms with Crippen molar-refractivity contribution in [2.24, 2.45) is 0 Å². The molecule has 3 nitrogen and oxygen atoms in total. The number of alkyl halides is 1. The minimum Gasteiger partial charge on any atom is -0.308 e. The first-order valence-corrected chi connectivity index (χ1v) is 6.60. The number of halogens is 2. The number of hydrogen-bond donors (Lipinski definition) is 1. The zero-order valence-corrected chi connectivity index (χ0v) is 12.0. The zero-order chi connectivity index (χ0) is 12.4. The van der Waals surface area contributed by atoms with Gasteiger partial charge in [-0.1, -0.05) is 30.3 Å². The van der Waals surface area contributed by atoms with E-state index in [0.29, 0.717) is 15.1 Å². The highest BCUT2D eigenvalue weighted by molar-refractivity contribution is 14.1. The predicted octanol–water partition coefficient (Wildman–Crippen LogP) is 3.34. The molecule has 0 fully saturated rings. The van der Waals surface area contributed by atoms with E-state index in [1.807, 2.05) is 52.9 Å². The highest BCUT2D eigenvalue weighted by Crippen LogP contribution is 2.23. The number of benzene rings is 1. The Morgan fingerprint density at radius 2 is 2.00 bits per heavy atom. The van der Waals surface area contributed by atoms with E-state index < -0.39 is 0 Å². The van der Waals surface area contributed by atoms with Gasteiger partial charge in [-0.25, -0.2) is 4.98 Å². The quantitative estimate of drug-likeness (QED) is 0.659. The molecule has 5 heteroatoms. The van der Waals surface area contributed by atoms with E-state index in [1.165, 1.54) is 0 Å². The fourth-order valence-corrected chi connectivity index (χ4v) is 2.12. The largest absolute Gasteiger partial charge is 0.308 e. The molecule has 2 aromatic rings. The maximum absolute atomic E-state index is 11.8. The maximum Gasteiger partial charge on any atom is 0.265 e. The van der Waals surface area contributed by atoms with Crippen molar-refractivity contribution in [1.82, 2.24) is 9.97 Å². The third kappa shape index (κ3) is 2.69. The van der Waals surface area contributed by atoms with Crippen molar-refractivity contribution < 1.29 is 0 Å². The van der Waals surface area contributed by atoms with Crippen molar-refractivity contribution in [3.63, 3.8) is 0 Å². The van der Waals surface area contributed by atoms with Gasteiger partial charge in [0.1, 0.15) is 9.39 Å². The van der Waals surface area contributed by atoms with E-state index in [-0.39, 0.29) is 10.9 Å². The molecular weight excluding hydrogens is 351 g/mol. The molecule has 1 atom stereocenters. The van der Waals surface area contributed by atoms with Gasteiger partial charge in [-0.15, -0.1) is 11.6 Å². The van der Waals surface area contributed by atoms with Crippen molar-refractivity contribution in [3.8, 4) is 11.3 Å². The van der Waals surface area contributed by atoms with E-state index in [4.69, 9.17) is 11.6 Å². The standard InChI is InChI=1S/C12H10ClIN2O/c1-7(13)11-15-10(9(14)12(17)16-11)8-5-3-2-4-6-8/h2-7H,1H3,(H,15,16,17). The molecule has 0 bridgehead atoms. The zero-order valence-electron chi connectivity index (χ0n) is 9.08. The molecule has 1 heterocycles. The summed E-state index contributed by atoms with van der Waals surface area (Å²) in [4.78, 5) is 18.9. The number of aromatic nitrogens is 2. The molecule has 0 saturated heterocycles. The van der Waals surface area contributed by atoms with E-state index in [1.54, 1.807) is 6.92 Å². The number of nitrogens with one attached hydrogen (secondary N) is 1. The van der Waals surface area contributed by atoms with Crippen LogP contribution in [0.4, 0.5) is 0 Å². The summed E-state index contributed by atoms with van der Waals surface area (Å²) in [5.41, 5.74) is 1.45. The van der Waals surface area contributed by atoms with Crippen LogP contribution in [0.1, 0.15) is 18.1 Å². The fraction of sp³-hybridized carbons (Fsp3) is 0.167. The second kappa shape index (κ2) is 5.18. The Morgan fingerprint density at radius 3 is 2.59 bits per heavy atom. The van der Waals surface area contributed by atoms with Gasteiger partial charge in [0.2, 0.25) is 0 Å².